The SMILES string of the molecule is C=CCc1cc(Br)cs1. The smallest absolute Gasteiger partial charge is 0.0285 e. The zero-order valence-electron chi connectivity index (χ0n) is 4.93. The molecule has 1 aromatic rings. The molecule has 0 fully saturated rings. The van der Waals surface area contributed by atoms with Crippen molar-refractivity contribution in [2.45, 2.75) is 6.42 Å². The van der Waals surface area contributed by atoms with Gasteiger partial charge in [0.25, 0.3) is 0 Å². The van der Waals surface area contributed by atoms with Gasteiger partial charge in [-0.25, -0.2) is 0 Å². The quantitative estimate of drug-likeness (QED) is 0.647. The van der Waals surface area contributed by atoms with Gasteiger partial charge in [0, 0.05) is 14.7 Å². The van der Waals surface area contributed by atoms with E-state index in [9.17, 15) is 0 Å². The van der Waals surface area contributed by atoms with E-state index < -0.39 is 0 Å². The van der Waals surface area contributed by atoms with Gasteiger partial charge >= 0.3 is 0 Å². The van der Waals surface area contributed by atoms with Gasteiger partial charge in [-0.1, -0.05) is 6.08 Å². The van der Waals surface area contributed by atoms with E-state index in [-0.39, 0.29) is 0 Å². The third-order valence-electron chi connectivity index (χ3n) is 0.967. The Hall–Kier alpha value is -0.0800. The highest BCUT2D eigenvalue weighted by molar-refractivity contribution is 9.10. The normalized spacial score (nSPS) is 9.44. The second kappa shape index (κ2) is 3.18. The maximum atomic E-state index is 3.66. The Morgan fingerprint density at radius 2 is 2.56 bits per heavy atom. The molecule has 9 heavy (non-hydrogen) atoms. The molecule has 1 aromatic heterocycles. The molecule has 0 bridgehead atoms. The van der Waals surface area contributed by atoms with Gasteiger partial charge in [-0.2, -0.15) is 0 Å². The van der Waals surface area contributed by atoms with E-state index in [1.165, 1.54) is 9.35 Å². The zero-order valence-corrected chi connectivity index (χ0v) is 7.33. The topological polar surface area (TPSA) is 0 Å². The third-order valence-corrected chi connectivity index (χ3v) is 2.69. The first-order valence-electron chi connectivity index (χ1n) is 2.66. The summed E-state index contributed by atoms with van der Waals surface area (Å²) in [6.07, 6.45) is 2.90. The van der Waals surface area contributed by atoms with Crippen LogP contribution >= 0.6 is 27.3 Å². The van der Waals surface area contributed by atoms with Crippen LogP contribution in [0.15, 0.2) is 28.6 Å². The first-order chi connectivity index (χ1) is 4.33. The lowest BCUT2D eigenvalue weighted by atomic mass is 10.3. The van der Waals surface area contributed by atoms with Crippen molar-refractivity contribution >= 4 is 27.3 Å². The molecule has 0 nitrogen and oxygen atoms in total. The second-order valence-electron chi connectivity index (χ2n) is 1.72. The molecule has 0 aliphatic carbocycles. The Morgan fingerprint density at radius 1 is 1.78 bits per heavy atom. The first-order valence-corrected chi connectivity index (χ1v) is 4.34. The molecule has 0 saturated carbocycles. The number of hydrogen-bond donors (Lipinski definition) is 0. The van der Waals surface area contributed by atoms with E-state index in [0.29, 0.717) is 0 Å². The van der Waals surface area contributed by atoms with Gasteiger partial charge in [-0.3, -0.25) is 0 Å². The predicted molar refractivity (Wildman–Crippen MR) is 45.9 cm³/mol. The van der Waals surface area contributed by atoms with Crippen molar-refractivity contribution in [3.05, 3.63) is 33.5 Å². The minimum atomic E-state index is 0.982. The molecule has 0 atom stereocenters. The summed E-state index contributed by atoms with van der Waals surface area (Å²) in [5.41, 5.74) is 0. The van der Waals surface area contributed by atoms with Crippen molar-refractivity contribution in [3.63, 3.8) is 0 Å². The largest absolute Gasteiger partial charge is 0.147 e. The summed E-state index contributed by atoms with van der Waals surface area (Å²) in [4.78, 5) is 1.36. The molecule has 0 amide bonds. The highest BCUT2D eigenvalue weighted by atomic mass is 79.9. The van der Waals surface area contributed by atoms with Crippen LogP contribution in [0.5, 0.6) is 0 Å². The summed E-state index contributed by atoms with van der Waals surface area (Å²) in [7, 11) is 0. The van der Waals surface area contributed by atoms with E-state index in [0.717, 1.165) is 6.42 Å². The second-order valence-corrected chi connectivity index (χ2v) is 3.64. The summed E-state index contributed by atoms with van der Waals surface area (Å²) in [5, 5.41) is 2.08. The molecule has 1 heterocycles. The Labute approximate surface area is 67.3 Å². The van der Waals surface area contributed by atoms with Crippen molar-refractivity contribution in [3.8, 4) is 0 Å². The number of thiophene rings is 1. The van der Waals surface area contributed by atoms with Crippen LogP contribution in [-0.2, 0) is 6.42 Å². The number of halogens is 1. The lowest BCUT2D eigenvalue weighted by molar-refractivity contribution is 1.35. The molecule has 1 rings (SSSR count). The van der Waals surface area contributed by atoms with Crippen molar-refractivity contribution in [2.24, 2.45) is 0 Å². The Morgan fingerprint density at radius 3 is 3.00 bits per heavy atom. The molecule has 2 heteroatoms. The Balaban J connectivity index is 2.72. The molecular formula is C7H7BrS. The molecule has 48 valence electrons. The number of allylic oxidation sites excluding steroid dienone is 1. The zero-order chi connectivity index (χ0) is 6.69. The van der Waals surface area contributed by atoms with E-state index in [1.54, 1.807) is 11.3 Å². The van der Waals surface area contributed by atoms with Crippen LogP contribution in [0.2, 0.25) is 0 Å². The van der Waals surface area contributed by atoms with E-state index in [1.807, 2.05) is 6.08 Å². The molecular weight excluding hydrogens is 196 g/mol. The summed E-state index contributed by atoms with van der Waals surface area (Å²) in [6.45, 7) is 3.66. The van der Waals surface area contributed by atoms with Gasteiger partial charge in [0.15, 0.2) is 0 Å². The fourth-order valence-corrected chi connectivity index (χ4v) is 2.05. The van der Waals surface area contributed by atoms with Crippen molar-refractivity contribution in [1.82, 2.24) is 0 Å². The average Bonchev–Trinajstić information content (AvgIpc) is 2.17. The molecule has 0 aliphatic heterocycles. The van der Waals surface area contributed by atoms with Gasteiger partial charge in [-0.15, -0.1) is 17.9 Å². The van der Waals surface area contributed by atoms with Gasteiger partial charge in [0.05, 0.1) is 0 Å². The van der Waals surface area contributed by atoms with Crippen molar-refractivity contribution in [1.29, 1.82) is 0 Å². The van der Waals surface area contributed by atoms with Crippen LogP contribution in [0.4, 0.5) is 0 Å². The van der Waals surface area contributed by atoms with Gasteiger partial charge < -0.3 is 0 Å². The van der Waals surface area contributed by atoms with E-state index in [2.05, 4.69) is 34.0 Å². The number of hydrogen-bond acceptors (Lipinski definition) is 1. The van der Waals surface area contributed by atoms with Crippen LogP contribution in [0.1, 0.15) is 4.88 Å². The van der Waals surface area contributed by atoms with Crippen molar-refractivity contribution < 1.29 is 0 Å². The Bertz CT molecular complexity index is 202. The molecule has 0 unspecified atom stereocenters. The highest BCUT2D eigenvalue weighted by Gasteiger charge is 1.92. The minimum absolute atomic E-state index is 0.982. The highest BCUT2D eigenvalue weighted by Crippen LogP contribution is 2.19. The van der Waals surface area contributed by atoms with Gasteiger partial charge in [-0.05, 0) is 28.4 Å². The van der Waals surface area contributed by atoms with E-state index >= 15 is 0 Å². The molecule has 0 radical (unpaired) electrons. The number of rotatable bonds is 2. The maximum absolute atomic E-state index is 3.66. The summed E-state index contributed by atoms with van der Waals surface area (Å²) in [6, 6.07) is 2.12. The molecule has 0 saturated heterocycles. The average molecular weight is 203 g/mol. The van der Waals surface area contributed by atoms with Crippen LogP contribution in [0.3, 0.4) is 0 Å². The summed E-state index contributed by atoms with van der Waals surface area (Å²) in [5.74, 6) is 0. The molecule has 0 aromatic carbocycles. The van der Waals surface area contributed by atoms with Crippen LogP contribution in [-0.4, -0.2) is 0 Å². The van der Waals surface area contributed by atoms with Crippen LogP contribution in [0, 0.1) is 0 Å². The van der Waals surface area contributed by atoms with E-state index in [4.69, 9.17) is 0 Å². The van der Waals surface area contributed by atoms with Crippen LogP contribution in [0.25, 0.3) is 0 Å². The maximum Gasteiger partial charge on any atom is 0.0285 e. The van der Waals surface area contributed by atoms with Gasteiger partial charge in [0.1, 0.15) is 0 Å². The fourth-order valence-electron chi connectivity index (χ4n) is 0.603. The monoisotopic (exact) mass is 202 g/mol. The van der Waals surface area contributed by atoms with Crippen molar-refractivity contribution in [2.75, 3.05) is 0 Å². The molecule has 0 N–H and O–H groups in total. The first kappa shape index (κ1) is 7.03. The molecule has 0 spiro atoms. The lowest BCUT2D eigenvalue weighted by Gasteiger charge is -1.82. The summed E-state index contributed by atoms with van der Waals surface area (Å²) < 4.78 is 1.17. The standard InChI is InChI=1S/C7H7BrS/c1-2-3-7-4-6(8)5-9-7/h2,4-5H,1,3H2. The van der Waals surface area contributed by atoms with Gasteiger partial charge in [0.2, 0.25) is 0 Å². The molecule has 0 aliphatic rings. The van der Waals surface area contributed by atoms with Crippen LogP contribution < -0.4 is 0 Å². The fraction of sp³-hybridized carbons (Fsp3) is 0.143. The summed E-state index contributed by atoms with van der Waals surface area (Å²) >= 11 is 5.13. The lowest BCUT2D eigenvalue weighted by Crippen LogP contribution is -1.67. The Kier molecular flexibility index (Phi) is 2.49. The minimum Gasteiger partial charge on any atom is -0.147 e. The predicted octanol–water partition coefficient (Wildman–Crippen LogP) is 3.24. The third kappa shape index (κ3) is 1.95.